The highest BCUT2D eigenvalue weighted by Gasteiger charge is 2.25. The van der Waals surface area contributed by atoms with Gasteiger partial charge in [-0.25, -0.2) is 9.97 Å². The number of nitrogens with one attached hydrogen (secondary N) is 4. The number of aromatic amines is 1. The van der Waals surface area contributed by atoms with E-state index in [1.807, 2.05) is 49.5 Å². The molecule has 4 aromatic rings. The number of H-pyrrole nitrogens is 1. The predicted octanol–water partition coefficient (Wildman–Crippen LogP) is 5.49. The molecule has 0 bridgehead atoms. The van der Waals surface area contributed by atoms with Gasteiger partial charge in [-0.2, -0.15) is 0 Å². The van der Waals surface area contributed by atoms with E-state index in [-0.39, 0.29) is 23.9 Å². The summed E-state index contributed by atoms with van der Waals surface area (Å²) in [5.41, 5.74) is 3.80. The average Bonchev–Trinajstić information content (AvgIpc) is 3.38. The average molecular weight is 572 g/mol. The SMILES string of the molecule is CN(C)C/C=C/C(=O)Nc1ccc(C(=O)N[C@@H]2CCC[C@@H](Nc3ncc(Cl)c(-c4c[nH]c5ccccc45)n3)C2)cc1. The van der Waals surface area contributed by atoms with Crippen molar-refractivity contribution in [1.82, 2.24) is 25.2 Å². The van der Waals surface area contributed by atoms with Crippen molar-refractivity contribution < 1.29 is 9.59 Å². The number of amides is 2. The van der Waals surface area contributed by atoms with E-state index in [4.69, 9.17) is 16.6 Å². The van der Waals surface area contributed by atoms with Gasteiger partial charge in [0.25, 0.3) is 5.91 Å². The molecule has 1 fully saturated rings. The van der Waals surface area contributed by atoms with Gasteiger partial charge in [-0.1, -0.05) is 35.9 Å². The van der Waals surface area contributed by atoms with Crippen LogP contribution in [0.25, 0.3) is 22.2 Å². The van der Waals surface area contributed by atoms with Gasteiger partial charge in [0.2, 0.25) is 11.9 Å². The molecule has 4 N–H and O–H groups in total. The summed E-state index contributed by atoms with van der Waals surface area (Å²) in [5, 5.41) is 11.0. The molecule has 10 heteroatoms. The van der Waals surface area contributed by atoms with Crippen LogP contribution in [0.2, 0.25) is 5.02 Å². The fourth-order valence-corrected chi connectivity index (χ4v) is 5.25. The predicted molar refractivity (Wildman–Crippen MR) is 164 cm³/mol. The Morgan fingerprint density at radius 3 is 2.68 bits per heavy atom. The van der Waals surface area contributed by atoms with Gasteiger partial charge in [-0.05, 0) is 70.1 Å². The monoisotopic (exact) mass is 571 g/mol. The van der Waals surface area contributed by atoms with Gasteiger partial charge in [-0.15, -0.1) is 0 Å². The van der Waals surface area contributed by atoms with Crippen molar-refractivity contribution in [3.8, 4) is 11.3 Å². The van der Waals surface area contributed by atoms with E-state index in [1.165, 1.54) is 6.08 Å². The van der Waals surface area contributed by atoms with Crippen molar-refractivity contribution in [2.45, 2.75) is 37.8 Å². The molecule has 0 unspecified atom stereocenters. The van der Waals surface area contributed by atoms with E-state index in [0.717, 1.165) is 42.1 Å². The van der Waals surface area contributed by atoms with Crippen LogP contribution in [0.15, 0.2) is 73.1 Å². The van der Waals surface area contributed by atoms with Gasteiger partial charge in [0.05, 0.1) is 16.9 Å². The number of nitrogens with zero attached hydrogens (tertiary/aromatic N) is 3. The van der Waals surface area contributed by atoms with Gasteiger partial charge in [0, 0.05) is 58.6 Å². The molecule has 5 rings (SSSR count). The van der Waals surface area contributed by atoms with Gasteiger partial charge < -0.3 is 25.8 Å². The van der Waals surface area contributed by atoms with Gasteiger partial charge in [0.1, 0.15) is 0 Å². The zero-order chi connectivity index (χ0) is 28.8. The second kappa shape index (κ2) is 13.0. The fraction of sp³-hybridized carbons (Fsp3) is 0.290. The summed E-state index contributed by atoms with van der Waals surface area (Å²) < 4.78 is 0. The van der Waals surface area contributed by atoms with Gasteiger partial charge in [-0.3, -0.25) is 9.59 Å². The lowest BCUT2D eigenvalue weighted by atomic mass is 9.91. The largest absolute Gasteiger partial charge is 0.360 e. The molecular formula is C31H34ClN7O2. The molecule has 1 saturated carbocycles. The summed E-state index contributed by atoms with van der Waals surface area (Å²) in [6.07, 6.45) is 10.4. The molecule has 2 amide bonds. The third-order valence-corrected chi connectivity index (χ3v) is 7.36. The number of rotatable bonds is 9. The number of carbonyl (C=O) groups is 2. The number of carbonyl (C=O) groups excluding carboxylic acids is 2. The Balaban J connectivity index is 1.17. The first-order chi connectivity index (χ1) is 19.9. The van der Waals surface area contributed by atoms with Gasteiger partial charge >= 0.3 is 0 Å². The minimum Gasteiger partial charge on any atom is -0.360 e. The Morgan fingerprint density at radius 2 is 1.88 bits per heavy atom. The van der Waals surface area contributed by atoms with Crippen molar-refractivity contribution in [3.05, 3.63) is 83.7 Å². The maximum atomic E-state index is 13.0. The minimum absolute atomic E-state index is 0.0235. The lowest BCUT2D eigenvalue weighted by molar-refractivity contribution is -0.111. The van der Waals surface area contributed by atoms with Crippen molar-refractivity contribution in [2.24, 2.45) is 0 Å². The second-order valence-corrected chi connectivity index (χ2v) is 11.0. The quantitative estimate of drug-likeness (QED) is 0.198. The summed E-state index contributed by atoms with van der Waals surface area (Å²) in [4.78, 5) is 39.4. The zero-order valence-electron chi connectivity index (χ0n) is 23.2. The summed E-state index contributed by atoms with van der Waals surface area (Å²) in [5.74, 6) is 0.174. The molecule has 1 aliphatic carbocycles. The smallest absolute Gasteiger partial charge is 0.251 e. The molecule has 212 valence electrons. The summed E-state index contributed by atoms with van der Waals surface area (Å²) in [6, 6.07) is 15.1. The molecule has 0 saturated heterocycles. The van der Waals surface area contributed by atoms with E-state index < -0.39 is 0 Å². The lowest BCUT2D eigenvalue weighted by Crippen LogP contribution is -2.42. The Hall–Kier alpha value is -4.21. The van der Waals surface area contributed by atoms with Crippen LogP contribution < -0.4 is 16.0 Å². The van der Waals surface area contributed by atoms with Crippen molar-refractivity contribution in [3.63, 3.8) is 0 Å². The van der Waals surface area contributed by atoms with Crippen LogP contribution in [0.5, 0.6) is 0 Å². The number of likely N-dealkylation sites (N-methyl/N-ethyl adjacent to an activating group) is 1. The third kappa shape index (κ3) is 7.31. The molecule has 0 aliphatic heterocycles. The molecule has 1 aliphatic rings. The molecule has 2 atom stereocenters. The maximum Gasteiger partial charge on any atom is 0.251 e. The molecule has 0 radical (unpaired) electrons. The van der Waals surface area contributed by atoms with E-state index in [0.29, 0.717) is 34.5 Å². The Bertz CT molecular complexity index is 1550. The van der Waals surface area contributed by atoms with Gasteiger partial charge in [0.15, 0.2) is 0 Å². The highest BCUT2D eigenvalue weighted by molar-refractivity contribution is 6.33. The van der Waals surface area contributed by atoms with E-state index in [9.17, 15) is 9.59 Å². The van der Waals surface area contributed by atoms with Crippen molar-refractivity contribution >= 4 is 46.0 Å². The molecule has 2 aromatic carbocycles. The normalized spacial score (nSPS) is 17.2. The van der Waals surface area contributed by atoms with Crippen LogP contribution in [-0.4, -0.2) is 64.4 Å². The number of aromatic nitrogens is 3. The summed E-state index contributed by atoms with van der Waals surface area (Å²) in [7, 11) is 3.87. The number of para-hydroxylation sites is 1. The topological polar surface area (TPSA) is 115 Å². The first kappa shape index (κ1) is 28.3. The molecule has 2 aromatic heterocycles. The maximum absolute atomic E-state index is 13.0. The number of benzene rings is 2. The Kier molecular flexibility index (Phi) is 8.96. The lowest BCUT2D eigenvalue weighted by Gasteiger charge is -2.30. The van der Waals surface area contributed by atoms with Crippen LogP contribution in [-0.2, 0) is 4.79 Å². The second-order valence-electron chi connectivity index (χ2n) is 10.5. The number of halogens is 1. The van der Waals surface area contributed by atoms with E-state index in [1.54, 1.807) is 36.5 Å². The molecule has 2 heterocycles. The Labute approximate surface area is 244 Å². The van der Waals surface area contributed by atoms with Crippen LogP contribution in [0.4, 0.5) is 11.6 Å². The van der Waals surface area contributed by atoms with Crippen molar-refractivity contribution in [2.75, 3.05) is 31.3 Å². The number of fused-ring (bicyclic) bond motifs is 1. The highest BCUT2D eigenvalue weighted by Crippen LogP contribution is 2.32. The van der Waals surface area contributed by atoms with Crippen LogP contribution >= 0.6 is 11.6 Å². The first-order valence-corrected chi connectivity index (χ1v) is 14.1. The zero-order valence-corrected chi connectivity index (χ0v) is 23.9. The van der Waals surface area contributed by atoms with Crippen LogP contribution in [0.3, 0.4) is 0 Å². The molecule has 9 nitrogen and oxygen atoms in total. The number of hydrogen-bond acceptors (Lipinski definition) is 6. The van der Waals surface area contributed by atoms with Crippen LogP contribution in [0.1, 0.15) is 36.0 Å². The molecular weight excluding hydrogens is 538 g/mol. The molecule has 41 heavy (non-hydrogen) atoms. The van der Waals surface area contributed by atoms with Crippen LogP contribution in [0, 0.1) is 0 Å². The van der Waals surface area contributed by atoms with E-state index >= 15 is 0 Å². The first-order valence-electron chi connectivity index (χ1n) is 13.7. The Morgan fingerprint density at radius 1 is 1.10 bits per heavy atom. The number of hydrogen-bond donors (Lipinski definition) is 4. The highest BCUT2D eigenvalue weighted by atomic mass is 35.5. The fourth-order valence-electron chi connectivity index (χ4n) is 5.06. The minimum atomic E-state index is -0.206. The standard InChI is InChI=1S/C31H34ClN7O2/c1-39(2)16-6-11-28(40)35-21-14-12-20(13-15-21)30(41)36-22-7-5-8-23(17-22)37-31-34-19-26(32)29(38-31)25-18-33-27-10-4-3-9-24(25)27/h3-4,6,9-15,18-19,22-23,33H,5,7-8,16-17H2,1-2H3,(H,35,40)(H,36,41)(H,34,37,38)/b11-6+/t22-,23-/m1/s1. The van der Waals surface area contributed by atoms with Crippen molar-refractivity contribution in [1.29, 1.82) is 0 Å². The molecule has 0 spiro atoms. The number of anilines is 2. The third-order valence-electron chi connectivity index (χ3n) is 7.09. The summed E-state index contributed by atoms with van der Waals surface area (Å²) in [6.45, 7) is 0.683. The summed E-state index contributed by atoms with van der Waals surface area (Å²) >= 11 is 6.50. The van der Waals surface area contributed by atoms with E-state index in [2.05, 4.69) is 25.9 Å².